The van der Waals surface area contributed by atoms with E-state index in [2.05, 4.69) is 5.32 Å². The van der Waals surface area contributed by atoms with E-state index in [1.807, 2.05) is 20.8 Å². The number of hydrogen-bond donors (Lipinski definition) is 1. The van der Waals surface area contributed by atoms with E-state index < -0.39 is 33.6 Å². The minimum atomic E-state index is -1.45. The summed E-state index contributed by atoms with van der Waals surface area (Å²) in [7, 11) is 0. The van der Waals surface area contributed by atoms with E-state index in [9.17, 15) is 22.4 Å². The van der Waals surface area contributed by atoms with Crippen molar-refractivity contribution in [2.45, 2.75) is 45.9 Å². The number of benzene rings is 1. The van der Waals surface area contributed by atoms with Crippen LogP contribution in [0.3, 0.4) is 0 Å². The van der Waals surface area contributed by atoms with E-state index in [0.717, 1.165) is 6.42 Å². The van der Waals surface area contributed by atoms with Gasteiger partial charge in [0.1, 0.15) is 0 Å². The van der Waals surface area contributed by atoms with E-state index in [1.54, 1.807) is 13.8 Å². The summed E-state index contributed by atoms with van der Waals surface area (Å²) in [6.07, 6.45) is 0.778. The fraction of sp³-hybridized carbons (Fsp3) is 0.588. The predicted octanol–water partition coefficient (Wildman–Crippen LogP) is 4.91. The van der Waals surface area contributed by atoms with Gasteiger partial charge in [-0.1, -0.05) is 34.6 Å². The number of carbonyl (C=O) groups excluding carboxylic acids is 1. The molecule has 0 saturated carbocycles. The van der Waals surface area contributed by atoms with Crippen molar-refractivity contribution in [3.8, 4) is 0 Å². The number of carbonyl (C=O) groups is 1. The average Bonchev–Trinajstić information content (AvgIpc) is 2.43. The van der Waals surface area contributed by atoms with Crippen molar-refractivity contribution in [2.75, 3.05) is 12.3 Å². The standard InChI is InChI=1S/C17H23F4NOS/c1-16(2,3)6-7-22-15(23)17(4,5)9-24-14-12(20)10(18)8-11(19)13(14)21/h8H,6-7,9H2,1-5H3,(H,22,23). The van der Waals surface area contributed by atoms with Crippen LogP contribution in [0.4, 0.5) is 17.6 Å². The van der Waals surface area contributed by atoms with Gasteiger partial charge in [-0.15, -0.1) is 11.8 Å². The van der Waals surface area contributed by atoms with Crippen molar-refractivity contribution >= 4 is 17.7 Å². The van der Waals surface area contributed by atoms with Crippen molar-refractivity contribution in [1.29, 1.82) is 0 Å². The summed E-state index contributed by atoms with van der Waals surface area (Å²) in [6.45, 7) is 9.84. The van der Waals surface area contributed by atoms with Crippen LogP contribution in [0.5, 0.6) is 0 Å². The second kappa shape index (κ2) is 7.76. The third-order valence-corrected chi connectivity index (χ3v) is 4.94. The van der Waals surface area contributed by atoms with Crippen LogP contribution in [-0.2, 0) is 4.79 Å². The number of nitrogens with one attached hydrogen (secondary N) is 1. The van der Waals surface area contributed by atoms with E-state index >= 15 is 0 Å². The number of hydrogen-bond acceptors (Lipinski definition) is 2. The number of halogens is 4. The molecule has 0 aliphatic carbocycles. The summed E-state index contributed by atoms with van der Waals surface area (Å²) in [5.74, 6) is -6.10. The Morgan fingerprint density at radius 2 is 1.54 bits per heavy atom. The molecule has 0 fully saturated rings. The minimum absolute atomic E-state index is 0.0227. The lowest BCUT2D eigenvalue weighted by molar-refractivity contribution is -0.128. The molecule has 1 N–H and O–H groups in total. The van der Waals surface area contributed by atoms with Gasteiger partial charge in [0.05, 0.1) is 10.3 Å². The first-order valence-electron chi connectivity index (χ1n) is 7.59. The van der Waals surface area contributed by atoms with E-state index in [-0.39, 0.29) is 23.1 Å². The third-order valence-electron chi connectivity index (χ3n) is 3.42. The highest BCUT2D eigenvalue weighted by molar-refractivity contribution is 7.99. The second-order valence-electron chi connectivity index (χ2n) is 7.54. The summed E-state index contributed by atoms with van der Waals surface area (Å²) < 4.78 is 53.7. The maximum atomic E-state index is 13.6. The van der Waals surface area contributed by atoms with Crippen molar-refractivity contribution in [1.82, 2.24) is 5.32 Å². The summed E-state index contributed by atoms with van der Waals surface area (Å²) in [5.41, 5.74) is -0.887. The van der Waals surface area contributed by atoms with Crippen LogP contribution in [-0.4, -0.2) is 18.2 Å². The smallest absolute Gasteiger partial charge is 0.226 e. The van der Waals surface area contributed by atoms with E-state index in [0.29, 0.717) is 18.3 Å². The van der Waals surface area contributed by atoms with Gasteiger partial charge in [0.2, 0.25) is 5.91 Å². The SMILES string of the molecule is CC(C)(C)CCNC(=O)C(C)(C)CSc1c(F)c(F)cc(F)c1F. The van der Waals surface area contributed by atoms with Crippen LogP contribution in [0.1, 0.15) is 41.0 Å². The third kappa shape index (κ3) is 5.69. The molecule has 0 aliphatic heterocycles. The van der Waals surface area contributed by atoms with Crippen LogP contribution in [0.15, 0.2) is 11.0 Å². The fourth-order valence-corrected chi connectivity index (χ4v) is 2.87. The Hall–Kier alpha value is -1.24. The normalized spacial score (nSPS) is 12.4. The first kappa shape index (κ1) is 20.8. The van der Waals surface area contributed by atoms with Gasteiger partial charge in [-0.05, 0) is 11.8 Å². The highest BCUT2D eigenvalue weighted by Crippen LogP contribution is 2.33. The van der Waals surface area contributed by atoms with Crippen molar-refractivity contribution in [3.05, 3.63) is 29.3 Å². The molecule has 0 unspecified atom stereocenters. The fourth-order valence-electron chi connectivity index (χ4n) is 1.79. The highest BCUT2D eigenvalue weighted by atomic mass is 32.2. The van der Waals surface area contributed by atoms with Crippen molar-refractivity contribution < 1.29 is 22.4 Å². The zero-order valence-corrected chi connectivity index (χ0v) is 15.3. The molecule has 7 heteroatoms. The molecule has 1 amide bonds. The van der Waals surface area contributed by atoms with Gasteiger partial charge < -0.3 is 5.32 Å². The number of rotatable bonds is 6. The lowest BCUT2D eigenvalue weighted by Crippen LogP contribution is -2.39. The Morgan fingerprint density at radius 3 is 2.00 bits per heavy atom. The first-order chi connectivity index (χ1) is 10.8. The Kier molecular flexibility index (Phi) is 6.73. The van der Waals surface area contributed by atoms with Gasteiger partial charge in [-0.25, -0.2) is 17.6 Å². The molecule has 2 nitrogen and oxygen atoms in total. The first-order valence-corrected chi connectivity index (χ1v) is 8.58. The molecule has 136 valence electrons. The topological polar surface area (TPSA) is 29.1 Å². The lowest BCUT2D eigenvalue weighted by Gasteiger charge is -2.25. The highest BCUT2D eigenvalue weighted by Gasteiger charge is 2.30. The molecule has 0 bridgehead atoms. The molecule has 1 aromatic rings. The minimum Gasteiger partial charge on any atom is -0.356 e. The quantitative estimate of drug-likeness (QED) is 0.441. The van der Waals surface area contributed by atoms with Crippen LogP contribution in [0.25, 0.3) is 0 Å². The zero-order valence-electron chi connectivity index (χ0n) is 14.5. The van der Waals surface area contributed by atoms with Gasteiger partial charge in [0.25, 0.3) is 0 Å². The average molecular weight is 365 g/mol. The maximum Gasteiger partial charge on any atom is 0.226 e. The van der Waals surface area contributed by atoms with Gasteiger partial charge in [-0.2, -0.15) is 0 Å². The summed E-state index contributed by atoms with van der Waals surface area (Å²) in [5, 5.41) is 2.78. The molecule has 0 spiro atoms. The van der Waals surface area contributed by atoms with Gasteiger partial charge in [0, 0.05) is 18.4 Å². The molecule has 0 radical (unpaired) electrons. The van der Waals surface area contributed by atoms with E-state index in [1.165, 1.54) is 0 Å². The Bertz CT molecular complexity index is 585. The monoisotopic (exact) mass is 365 g/mol. The summed E-state index contributed by atoms with van der Waals surface area (Å²) >= 11 is 0.585. The number of amides is 1. The number of thioether (sulfide) groups is 1. The van der Waals surface area contributed by atoms with Crippen molar-refractivity contribution in [2.24, 2.45) is 10.8 Å². The van der Waals surface area contributed by atoms with Crippen molar-refractivity contribution in [3.63, 3.8) is 0 Å². The molecule has 0 aromatic heterocycles. The Balaban J connectivity index is 2.74. The van der Waals surface area contributed by atoms with Crippen LogP contribution in [0, 0.1) is 34.1 Å². The molecular formula is C17H23F4NOS. The van der Waals surface area contributed by atoms with E-state index in [4.69, 9.17) is 0 Å². The van der Waals surface area contributed by atoms with Crippen LogP contribution >= 0.6 is 11.8 Å². The largest absolute Gasteiger partial charge is 0.356 e. The molecule has 0 aliphatic rings. The Labute approximate surface area is 144 Å². The molecule has 0 atom stereocenters. The molecule has 0 heterocycles. The van der Waals surface area contributed by atoms with Gasteiger partial charge in [0.15, 0.2) is 23.3 Å². The molecular weight excluding hydrogens is 342 g/mol. The summed E-state index contributed by atoms with van der Waals surface area (Å²) in [4.78, 5) is 11.5. The van der Waals surface area contributed by atoms with Gasteiger partial charge in [-0.3, -0.25) is 4.79 Å². The Morgan fingerprint density at radius 1 is 1.04 bits per heavy atom. The molecule has 1 aromatic carbocycles. The molecule has 1 rings (SSSR count). The lowest BCUT2D eigenvalue weighted by atomic mass is 9.91. The molecule has 24 heavy (non-hydrogen) atoms. The second-order valence-corrected chi connectivity index (χ2v) is 8.52. The molecule has 0 saturated heterocycles. The van der Waals surface area contributed by atoms with Crippen LogP contribution < -0.4 is 5.32 Å². The van der Waals surface area contributed by atoms with Gasteiger partial charge >= 0.3 is 0 Å². The summed E-state index contributed by atoms with van der Waals surface area (Å²) in [6, 6.07) is 0.166. The predicted molar refractivity (Wildman–Crippen MR) is 87.9 cm³/mol. The van der Waals surface area contributed by atoms with Crippen LogP contribution in [0.2, 0.25) is 0 Å². The maximum absolute atomic E-state index is 13.6. The zero-order chi connectivity index (χ0) is 18.7.